The van der Waals surface area contributed by atoms with Gasteiger partial charge < -0.3 is 20.3 Å². The lowest BCUT2D eigenvalue weighted by molar-refractivity contribution is -0.152. The van der Waals surface area contributed by atoms with Crippen LogP contribution < -0.4 is 15.4 Å². The second kappa shape index (κ2) is 10.8. The smallest absolute Gasteiger partial charge is 0.256 e. The van der Waals surface area contributed by atoms with Crippen molar-refractivity contribution >= 4 is 56.2 Å². The monoisotopic (exact) mass is 674 g/mol. The average molecular weight is 675 g/mol. The zero-order chi connectivity index (χ0) is 26.0. The van der Waals surface area contributed by atoms with E-state index in [4.69, 9.17) is 4.74 Å². The first-order valence-electron chi connectivity index (χ1n) is 11.8. The van der Waals surface area contributed by atoms with Crippen LogP contribution in [0.3, 0.4) is 0 Å². The highest BCUT2D eigenvalue weighted by Crippen LogP contribution is 2.34. The average Bonchev–Trinajstić information content (AvgIpc) is 2.91. The number of carbonyl (C=O) groups excluding carboxylic acids is 3. The van der Waals surface area contributed by atoms with Crippen LogP contribution in [0.2, 0.25) is 0 Å². The van der Waals surface area contributed by atoms with E-state index in [0.29, 0.717) is 48.8 Å². The third kappa shape index (κ3) is 5.10. The summed E-state index contributed by atoms with van der Waals surface area (Å²) in [6.07, 6.45) is 0. The minimum absolute atomic E-state index is 0.0563. The van der Waals surface area contributed by atoms with Crippen molar-refractivity contribution in [2.75, 3.05) is 32.8 Å². The molecule has 0 spiro atoms. The van der Waals surface area contributed by atoms with E-state index in [-0.39, 0.29) is 24.4 Å². The normalized spacial score (nSPS) is 17.6. The van der Waals surface area contributed by atoms with E-state index in [1.54, 1.807) is 35.2 Å². The second-order valence-corrected chi connectivity index (χ2v) is 10.9. The summed E-state index contributed by atoms with van der Waals surface area (Å²) in [6.45, 7) is 1.62. The maximum Gasteiger partial charge on any atom is 0.256 e. The van der Waals surface area contributed by atoms with Crippen molar-refractivity contribution in [3.8, 4) is 11.5 Å². The van der Waals surface area contributed by atoms with Gasteiger partial charge in [-0.25, -0.2) is 0 Å². The maximum absolute atomic E-state index is 13.4. The molecule has 5 rings (SSSR count). The van der Waals surface area contributed by atoms with Gasteiger partial charge in [0.25, 0.3) is 17.7 Å². The SMILES string of the molecule is O=C(c1cccc(I)c1)N1CCN(C2(c3ccc(Oc4ccc(Br)cc4)cc3)C(=O)NCNC2=O)CC1. The standard InChI is InChI=1S/C27H24BrIN4O4/c28-20-6-10-23(11-7-20)37-22-8-4-19(5-9-22)27(25(35)30-17-31-26(27)36)33-14-12-32(13-15-33)24(34)18-2-1-3-21(29)16-18/h1-11,16H,12-15,17H2,(H,30,35)(H,31,36). The molecule has 3 amide bonds. The number of hydrogen-bond acceptors (Lipinski definition) is 5. The Morgan fingerprint density at radius 2 is 1.46 bits per heavy atom. The van der Waals surface area contributed by atoms with E-state index in [0.717, 1.165) is 8.04 Å². The van der Waals surface area contributed by atoms with Crippen LogP contribution in [0.15, 0.2) is 77.3 Å². The number of nitrogens with zero attached hydrogens (tertiary/aromatic N) is 2. The third-order valence-electron chi connectivity index (χ3n) is 6.59. The quantitative estimate of drug-likeness (QED) is 0.318. The number of rotatable bonds is 5. The summed E-state index contributed by atoms with van der Waals surface area (Å²) in [5.41, 5.74) is -0.363. The zero-order valence-electron chi connectivity index (χ0n) is 19.7. The molecule has 8 nitrogen and oxygen atoms in total. The lowest BCUT2D eigenvalue weighted by atomic mass is 9.84. The van der Waals surface area contributed by atoms with Gasteiger partial charge >= 0.3 is 0 Å². The minimum atomic E-state index is -1.54. The summed E-state index contributed by atoms with van der Waals surface area (Å²) in [4.78, 5) is 43.4. The number of carbonyl (C=O) groups is 3. The summed E-state index contributed by atoms with van der Waals surface area (Å²) >= 11 is 5.59. The lowest BCUT2D eigenvalue weighted by Gasteiger charge is -2.47. The molecule has 37 heavy (non-hydrogen) atoms. The predicted octanol–water partition coefficient (Wildman–Crippen LogP) is 3.70. The number of piperazine rings is 1. The molecule has 2 fully saturated rings. The summed E-state index contributed by atoms with van der Waals surface area (Å²) in [6, 6.07) is 21.9. The first-order valence-corrected chi connectivity index (χ1v) is 13.7. The van der Waals surface area contributed by atoms with Crippen LogP contribution in [0.25, 0.3) is 0 Å². The molecule has 2 N–H and O–H groups in total. The summed E-state index contributed by atoms with van der Waals surface area (Å²) in [5, 5.41) is 5.59. The van der Waals surface area contributed by atoms with E-state index >= 15 is 0 Å². The molecule has 0 radical (unpaired) electrons. The Labute approximate surface area is 236 Å². The molecule has 2 heterocycles. The summed E-state index contributed by atoms with van der Waals surface area (Å²) in [7, 11) is 0. The molecule has 190 valence electrons. The lowest BCUT2D eigenvalue weighted by Crippen LogP contribution is -2.71. The van der Waals surface area contributed by atoms with Crippen LogP contribution in [0, 0.1) is 3.57 Å². The largest absolute Gasteiger partial charge is 0.457 e. The highest BCUT2D eigenvalue weighted by molar-refractivity contribution is 14.1. The van der Waals surface area contributed by atoms with Crippen molar-refractivity contribution in [3.05, 3.63) is 92.0 Å². The Hall–Kier alpha value is -2.96. The first-order chi connectivity index (χ1) is 17.9. The Bertz CT molecular complexity index is 1310. The minimum Gasteiger partial charge on any atom is -0.457 e. The Morgan fingerprint density at radius 1 is 0.865 bits per heavy atom. The number of amides is 3. The van der Waals surface area contributed by atoms with Crippen LogP contribution in [0.4, 0.5) is 0 Å². The molecule has 3 aromatic rings. The Balaban J connectivity index is 1.38. The maximum atomic E-state index is 13.4. The van der Waals surface area contributed by atoms with Crippen molar-refractivity contribution in [3.63, 3.8) is 0 Å². The Morgan fingerprint density at radius 3 is 2.05 bits per heavy atom. The molecule has 0 atom stereocenters. The van der Waals surface area contributed by atoms with Crippen molar-refractivity contribution < 1.29 is 19.1 Å². The molecule has 0 aliphatic carbocycles. The highest BCUT2D eigenvalue weighted by atomic mass is 127. The first kappa shape index (κ1) is 25.7. The van der Waals surface area contributed by atoms with Crippen molar-refractivity contribution in [1.29, 1.82) is 0 Å². The van der Waals surface area contributed by atoms with E-state index in [2.05, 4.69) is 49.2 Å². The molecule has 10 heteroatoms. The van der Waals surface area contributed by atoms with Gasteiger partial charge in [-0.15, -0.1) is 0 Å². The molecular formula is C27H24BrIN4O4. The van der Waals surface area contributed by atoms with E-state index < -0.39 is 5.54 Å². The van der Waals surface area contributed by atoms with Gasteiger partial charge in [-0.05, 0) is 82.8 Å². The fraction of sp³-hybridized carbons (Fsp3) is 0.222. The fourth-order valence-electron chi connectivity index (χ4n) is 4.75. The zero-order valence-corrected chi connectivity index (χ0v) is 23.5. The van der Waals surface area contributed by atoms with Gasteiger partial charge in [0.1, 0.15) is 11.5 Å². The number of halogens is 2. The number of benzene rings is 3. The van der Waals surface area contributed by atoms with Gasteiger partial charge in [-0.1, -0.05) is 34.1 Å². The second-order valence-electron chi connectivity index (χ2n) is 8.77. The van der Waals surface area contributed by atoms with Crippen LogP contribution in [0.1, 0.15) is 15.9 Å². The molecule has 3 aromatic carbocycles. The molecule has 0 bridgehead atoms. The molecule has 0 unspecified atom stereocenters. The summed E-state index contributed by atoms with van der Waals surface area (Å²) in [5.74, 6) is 0.447. The number of hydrogen-bond donors (Lipinski definition) is 2. The predicted molar refractivity (Wildman–Crippen MR) is 150 cm³/mol. The number of ether oxygens (including phenoxy) is 1. The topological polar surface area (TPSA) is 91.0 Å². The molecular weight excluding hydrogens is 651 g/mol. The molecule has 0 saturated carbocycles. The molecule has 2 aliphatic heterocycles. The van der Waals surface area contributed by atoms with E-state index in [1.165, 1.54) is 0 Å². The fourth-order valence-corrected chi connectivity index (χ4v) is 5.56. The van der Waals surface area contributed by atoms with Crippen molar-refractivity contribution in [2.45, 2.75) is 5.54 Å². The molecule has 2 aliphatic rings. The van der Waals surface area contributed by atoms with Crippen LogP contribution >= 0.6 is 38.5 Å². The van der Waals surface area contributed by atoms with Gasteiger partial charge in [0.05, 0.1) is 6.67 Å². The van der Waals surface area contributed by atoms with Gasteiger partial charge in [-0.3, -0.25) is 19.3 Å². The van der Waals surface area contributed by atoms with E-state index in [9.17, 15) is 14.4 Å². The van der Waals surface area contributed by atoms with Crippen LogP contribution in [-0.2, 0) is 15.1 Å². The van der Waals surface area contributed by atoms with Crippen LogP contribution in [0.5, 0.6) is 11.5 Å². The molecule has 2 saturated heterocycles. The summed E-state index contributed by atoms with van der Waals surface area (Å²) < 4.78 is 7.86. The Kier molecular flexibility index (Phi) is 7.50. The van der Waals surface area contributed by atoms with E-state index in [1.807, 2.05) is 47.4 Å². The van der Waals surface area contributed by atoms with Gasteiger partial charge in [-0.2, -0.15) is 0 Å². The van der Waals surface area contributed by atoms with Crippen molar-refractivity contribution in [2.24, 2.45) is 0 Å². The van der Waals surface area contributed by atoms with Gasteiger partial charge in [0.15, 0.2) is 0 Å². The van der Waals surface area contributed by atoms with Gasteiger partial charge in [0.2, 0.25) is 5.54 Å². The number of nitrogens with one attached hydrogen (secondary N) is 2. The van der Waals surface area contributed by atoms with Crippen molar-refractivity contribution in [1.82, 2.24) is 20.4 Å². The highest BCUT2D eigenvalue weighted by Gasteiger charge is 2.54. The van der Waals surface area contributed by atoms with Gasteiger partial charge in [0, 0.05) is 39.8 Å². The molecule has 0 aromatic heterocycles. The third-order valence-corrected chi connectivity index (χ3v) is 7.79. The van der Waals surface area contributed by atoms with Crippen LogP contribution in [-0.4, -0.2) is 60.4 Å².